The molecule has 2 fully saturated rings. The highest BCUT2D eigenvalue weighted by atomic mass is 16.2. The fraction of sp³-hybridized carbons (Fsp3) is 0.522. The van der Waals surface area contributed by atoms with Crippen molar-refractivity contribution in [3.05, 3.63) is 52.1 Å². The average molecular weight is 438 g/mol. The van der Waals surface area contributed by atoms with Gasteiger partial charge in [-0.15, -0.1) is 0 Å². The minimum absolute atomic E-state index is 0.226. The first kappa shape index (κ1) is 21.1. The molecule has 2 amide bonds. The van der Waals surface area contributed by atoms with Crippen molar-refractivity contribution in [2.24, 2.45) is 5.73 Å². The number of rotatable bonds is 4. The van der Waals surface area contributed by atoms with E-state index in [4.69, 9.17) is 5.73 Å². The maximum absolute atomic E-state index is 12.7. The third-order valence-electron chi connectivity index (χ3n) is 6.79. The van der Waals surface area contributed by atoms with Crippen molar-refractivity contribution in [2.45, 2.75) is 50.2 Å². The van der Waals surface area contributed by atoms with Crippen LogP contribution in [-0.2, 0) is 12.8 Å². The number of nitrogens with zero attached hydrogens (tertiary/aromatic N) is 3. The number of urea groups is 1. The Balaban J connectivity index is 1.25. The molecule has 3 atom stereocenters. The summed E-state index contributed by atoms with van der Waals surface area (Å²) in [6, 6.07) is 8.87. The van der Waals surface area contributed by atoms with Crippen LogP contribution in [0.2, 0.25) is 0 Å². The molecule has 1 aliphatic heterocycles. The summed E-state index contributed by atoms with van der Waals surface area (Å²) in [6.45, 7) is 2.82. The number of carbonyl (C=O) groups is 1. The first-order valence-corrected chi connectivity index (χ1v) is 11.6. The monoisotopic (exact) mass is 437 g/mol. The molecule has 1 aromatic carbocycles. The van der Waals surface area contributed by atoms with Gasteiger partial charge in [-0.3, -0.25) is 9.88 Å². The van der Waals surface area contributed by atoms with Crippen LogP contribution in [0.4, 0.5) is 10.6 Å². The van der Waals surface area contributed by atoms with Gasteiger partial charge in [0.25, 0.3) is 0 Å². The van der Waals surface area contributed by atoms with Crippen LogP contribution in [0, 0.1) is 0 Å². The molecule has 3 aliphatic rings. The number of benzene rings is 1. The first-order valence-electron chi connectivity index (χ1n) is 11.6. The molecule has 1 saturated carbocycles. The molecule has 9 nitrogen and oxygen atoms in total. The number of aromatic nitrogens is 2. The molecule has 1 unspecified atom stereocenters. The van der Waals surface area contributed by atoms with Crippen LogP contribution in [0.3, 0.4) is 0 Å². The number of hydrogen-bond donors (Lipinski definition) is 4. The van der Waals surface area contributed by atoms with Gasteiger partial charge in [0.2, 0.25) is 0 Å². The standard InChI is InChI=1S/C23H31N7O2/c24-17-2-3-18(14-17)26-19-11-15-1-4-20(13-16(15)12-19)30-8-5-21(28-23(30)32)27-22(31)29-9-6-25-7-10-29/h1,4-5,8,13,17-19,25-26H,2-3,6-7,9-12,14,24H2,(H,27,28,31,32)/t17-,18-,19?/m0/s1. The second kappa shape index (κ2) is 9.01. The van der Waals surface area contributed by atoms with Gasteiger partial charge < -0.3 is 21.3 Å². The van der Waals surface area contributed by atoms with E-state index in [0.717, 1.165) is 50.9 Å². The van der Waals surface area contributed by atoms with Crippen molar-refractivity contribution in [3.63, 3.8) is 0 Å². The van der Waals surface area contributed by atoms with Gasteiger partial charge in [0.1, 0.15) is 5.82 Å². The van der Waals surface area contributed by atoms with E-state index in [2.05, 4.69) is 33.1 Å². The Morgan fingerprint density at radius 1 is 1.09 bits per heavy atom. The van der Waals surface area contributed by atoms with Gasteiger partial charge in [0.05, 0.1) is 5.69 Å². The van der Waals surface area contributed by atoms with Gasteiger partial charge >= 0.3 is 11.7 Å². The Hall–Kier alpha value is -2.75. The number of fused-ring (bicyclic) bond motifs is 1. The molecule has 0 bridgehead atoms. The van der Waals surface area contributed by atoms with Crippen molar-refractivity contribution in [1.29, 1.82) is 0 Å². The Morgan fingerprint density at radius 3 is 2.66 bits per heavy atom. The topological polar surface area (TPSA) is 117 Å². The molecular weight excluding hydrogens is 406 g/mol. The Kier molecular flexibility index (Phi) is 5.95. The maximum Gasteiger partial charge on any atom is 0.354 e. The van der Waals surface area contributed by atoms with E-state index in [1.54, 1.807) is 17.2 Å². The van der Waals surface area contributed by atoms with Crippen LogP contribution in [0.25, 0.3) is 5.69 Å². The van der Waals surface area contributed by atoms with Gasteiger partial charge in [0, 0.05) is 50.5 Å². The minimum atomic E-state index is -0.407. The Labute approximate surface area is 187 Å². The lowest BCUT2D eigenvalue weighted by atomic mass is 10.1. The average Bonchev–Trinajstić information content (AvgIpc) is 3.39. The third kappa shape index (κ3) is 4.55. The predicted molar refractivity (Wildman–Crippen MR) is 123 cm³/mol. The van der Waals surface area contributed by atoms with E-state index in [-0.39, 0.29) is 11.8 Å². The molecular formula is C23H31N7O2. The summed E-state index contributed by atoms with van der Waals surface area (Å²) in [5.74, 6) is 0.273. The van der Waals surface area contributed by atoms with Crippen molar-refractivity contribution in [1.82, 2.24) is 25.1 Å². The highest BCUT2D eigenvalue weighted by molar-refractivity contribution is 5.88. The molecule has 170 valence electrons. The molecule has 9 heteroatoms. The van der Waals surface area contributed by atoms with Crippen LogP contribution in [-0.4, -0.2) is 64.8 Å². The molecule has 2 aromatic rings. The predicted octanol–water partition coefficient (Wildman–Crippen LogP) is 0.606. The second-order valence-corrected chi connectivity index (χ2v) is 9.13. The number of amides is 2. The number of nitrogens with one attached hydrogen (secondary N) is 3. The maximum atomic E-state index is 12.7. The van der Waals surface area contributed by atoms with Crippen molar-refractivity contribution >= 4 is 11.8 Å². The quantitative estimate of drug-likeness (QED) is 0.557. The van der Waals surface area contributed by atoms with Crippen LogP contribution >= 0.6 is 0 Å². The number of nitrogens with two attached hydrogens (primary N) is 1. The number of carbonyl (C=O) groups excluding carboxylic acids is 1. The Bertz CT molecular complexity index is 1050. The highest BCUT2D eigenvalue weighted by Gasteiger charge is 2.28. The lowest BCUT2D eigenvalue weighted by Crippen LogP contribution is -2.48. The zero-order valence-corrected chi connectivity index (χ0v) is 18.2. The summed E-state index contributed by atoms with van der Waals surface area (Å²) in [6.07, 6.45) is 6.94. The van der Waals surface area contributed by atoms with Crippen LogP contribution in [0.1, 0.15) is 30.4 Å². The fourth-order valence-electron chi connectivity index (χ4n) is 5.10. The first-order chi connectivity index (χ1) is 15.5. The molecule has 5 N–H and O–H groups in total. The lowest BCUT2D eigenvalue weighted by Gasteiger charge is -2.27. The normalized spacial score (nSPS) is 25.0. The molecule has 0 spiro atoms. The summed E-state index contributed by atoms with van der Waals surface area (Å²) >= 11 is 0. The van der Waals surface area contributed by atoms with E-state index < -0.39 is 5.69 Å². The summed E-state index contributed by atoms with van der Waals surface area (Å²) < 4.78 is 1.53. The van der Waals surface area contributed by atoms with E-state index in [9.17, 15) is 9.59 Å². The fourth-order valence-corrected chi connectivity index (χ4v) is 5.10. The van der Waals surface area contributed by atoms with Crippen LogP contribution in [0.15, 0.2) is 35.3 Å². The van der Waals surface area contributed by atoms with E-state index >= 15 is 0 Å². The molecule has 2 aliphatic carbocycles. The zero-order chi connectivity index (χ0) is 22.1. The third-order valence-corrected chi connectivity index (χ3v) is 6.79. The SMILES string of the molecule is N[C@H]1CC[C@H](NC2Cc3ccc(-n4ccc(NC(=O)N5CCNCC5)nc4=O)cc3C2)C1. The van der Waals surface area contributed by atoms with Gasteiger partial charge in [-0.2, -0.15) is 4.98 Å². The minimum Gasteiger partial charge on any atom is -0.328 e. The second-order valence-electron chi connectivity index (χ2n) is 9.13. The van der Waals surface area contributed by atoms with Crippen molar-refractivity contribution in [2.75, 3.05) is 31.5 Å². The summed E-state index contributed by atoms with van der Waals surface area (Å²) in [4.78, 5) is 30.8. The molecule has 32 heavy (non-hydrogen) atoms. The van der Waals surface area contributed by atoms with E-state index in [0.29, 0.717) is 31.2 Å². The van der Waals surface area contributed by atoms with Gasteiger partial charge in [-0.25, -0.2) is 9.59 Å². The largest absolute Gasteiger partial charge is 0.354 e. The number of hydrogen-bond acceptors (Lipinski definition) is 6. The van der Waals surface area contributed by atoms with E-state index in [1.165, 1.54) is 15.7 Å². The summed E-state index contributed by atoms with van der Waals surface area (Å²) in [7, 11) is 0. The van der Waals surface area contributed by atoms with Gasteiger partial charge in [-0.05, 0) is 61.4 Å². The van der Waals surface area contributed by atoms with E-state index in [1.807, 2.05) is 6.07 Å². The highest BCUT2D eigenvalue weighted by Crippen LogP contribution is 2.27. The van der Waals surface area contributed by atoms with Gasteiger partial charge in [-0.1, -0.05) is 6.07 Å². The molecule has 0 radical (unpaired) electrons. The van der Waals surface area contributed by atoms with Crippen molar-refractivity contribution in [3.8, 4) is 5.69 Å². The molecule has 5 rings (SSSR count). The molecule has 1 saturated heterocycles. The molecule has 1 aromatic heterocycles. The smallest absolute Gasteiger partial charge is 0.328 e. The Morgan fingerprint density at radius 2 is 1.91 bits per heavy atom. The zero-order valence-electron chi connectivity index (χ0n) is 18.2. The summed E-state index contributed by atoms with van der Waals surface area (Å²) in [5, 5.41) is 9.71. The number of piperazine rings is 1. The number of anilines is 1. The summed E-state index contributed by atoms with van der Waals surface area (Å²) in [5.41, 5.74) is 9.04. The van der Waals surface area contributed by atoms with Gasteiger partial charge in [0.15, 0.2) is 0 Å². The lowest BCUT2D eigenvalue weighted by molar-refractivity contribution is 0.204. The van der Waals surface area contributed by atoms with Crippen molar-refractivity contribution < 1.29 is 4.79 Å². The van der Waals surface area contributed by atoms with Crippen LogP contribution in [0.5, 0.6) is 0 Å². The van der Waals surface area contributed by atoms with Crippen LogP contribution < -0.4 is 27.4 Å². The molecule has 2 heterocycles.